The Morgan fingerprint density at radius 3 is 2.42 bits per heavy atom. The van der Waals surface area contributed by atoms with Crippen molar-refractivity contribution in [2.45, 2.75) is 12.8 Å². The molecule has 1 saturated heterocycles. The van der Waals surface area contributed by atoms with Gasteiger partial charge in [-0.3, -0.25) is 4.18 Å². The molecule has 5 nitrogen and oxygen atoms in total. The van der Waals surface area contributed by atoms with E-state index in [0.29, 0.717) is 6.54 Å². The summed E-state index contributed by atoms with van der Waals surface area (Å²) in [5, 5.41) is 4.65. The van der Waals surface area contributed by atoms with Crippen LogP contribution in [-0.2, 0) is 14.5 Å². The summed E-state index contributed by atoms with van der Waals surface area (Å²) in [7, 11) is -3.74. The van der Waals surface area contributed by atoms with Gasteiger partial charge in [0.25, 0.3) is 0 Å². The third-order valence-corrected chi connectivity index (χ3v) is 2.35. The molecule has 1 aliphatic rings. The lowest BCUT2D eigenvalue weighted by Crippen LogP contribution is -2.27. The summed E-state index contributed by atoms with van der Waals surface area (Å²) < 4.78 is 25.1. The molecule has 6 heteroatoms. The summed E-state index contributed by atoms with van der Waals surface area (Å²) in [5.74, 6) is 0. The Morgan fingerprint density at radius 1 is 1.33 bits per heavy atom. The Kier molecular flexibility index (Phi) is 3.45. The highest BCUT2D eigenvalue weighted by Crippen LogP contribution is 2.05. The standard InChI is InChI=1S/C6H14N2O3S/c7-12(9,10)11-6-5-8-3-1-2-4-8/h1-6H2,(H2,7,9,10). The van der Waals surface area contributed by atoms with Gasteiger partial charge in [0.2, 0.25) is 0 Å². The zero-order valence-electron chi connectivity index (χ0n) is 6.90. The van der Waals surface area contributed by atoms with Crippen LogP contribution in [-0.4, -0.2) is 39.6 Å². The molecule has 0 saturated carbocycles. The molecule has 12 heavy (non-hydrogen) atoms. The highest BCUT2D eigenvalue weighted by atomic mass is 32.2. The fraction of sp³-hybridized carbons (Fsp3) is 1.00. The average Bonchev–Trinajstić information content (AvgIpc) is 2.36. The van der Waals surface area contributed by atoms with Crippen molar-refractivity contribution < 1.29 is 12.6 Å². The smallest absolute Gasteiger partial charge is 0.301 e. The fourth-order valence-corrected chi connectivity index (χ4v) is 1.60. The van der Waals surface area contributed by atoms with Gasteiger partial charge in [-0.2, -0.15) is 8.42 Å². The molecular weight excluding hydrogens is 180 g/mol. The minimum absolute atomic E-state index is 0.166. The second-order valence-electron chi connectivity index (χ2n) is 2.86. The van der Waals surface area contributed by atoms with Crippen molar-refractivity contribution in [3.8, 4) is 0 Å². The number of hydrogen-bond acceptors (Lipinski definition) is 4. The van der Waals surface area contributed by atoms with Crippen LogP contribution in [0.1, 0.15) is 12.8 Å². The van der Waals surface area contributed by atoms with Gasteiger partial charge in [-0.15, -0.1) is 0 Å². The Balaban J connectivity index is 2.09. The Labute approximate surface area is 72.7 Å². The van der Waals surface area contributed by atoms with Crippen LogP contribution in [0.3, 0.4) is 0 Å². The van der Waals surface area contributed by atoms with Gasteiger partial charge in [0.05, 0.1) is 6.61 Å². The van der Waals surface area contributed by atoms with Crippen molar-refractivity contribution in [3.63, 3.8) is 0 Å². The van der Waals surface area contributed by atoms with Crippen LogP contribution in [0.5, 0.6) is 0 Å². The van der Waals surface area contributed by atoms with Crippen LogP contribution in [0, 0.1) is 0 Å². The van der Waals surface area contributed by atoms with Gasteiger partial charge in [0.1, 0.15) is 0 Å². The molecule has 1 fully saturated rings. The molecule has 2 N–H and O–H groups in total. The molecule has 0 bridgehead atoms. The molecule has 72 valence electrons. The lowest BCUT2D eigenvalue weighted by molar-refractivity contribution is 0.242. The van der Waals surface area contributed by atoms with Crippen molar-refractivity contribution in [3.05, 3.63) is 0 Å². The van der Waals surface area contributed by atoms with E-state index in [1.165, 1.54) is 12.8 Å². The first-order valence-electron chi connectivity index (χ1n) is 3.97. The van der Waals surface area contributed by atoms with Crippen molar-refractivity contribution in [1.29, 1.82) is 0 Å². The van der Waals surface area contributed by atoms with Crippen molar-refractivity contribution in [2.24, 2.45) is 5.14 Å². The summed E-state index contributed by atoms with van der Waals surface area (Å²) in [6.07, 6.45) is 2.38. The van der Waals surface area contributed by atoms with Gasteiger partial charge in [-0.25, -0.2) is 5.14 Å². The number of rotatable bonds is 4. The van der Waals surface area contributed by atoms with Gasteiger partial charge in [-0.05, 0) is 25.9 Å². The maximum Gasteiger partial charge on any atom is 0.333 e. The van der Waals surface area contributed by atoms with E-state index in [2.05, 4.69) is 14.2 Å². The summed E-state index contributed by atoms with van der Waals surface area (Å²) in [6, 6.07) is 0. The predicted molar refractivity (Wildman–Crippen MR) is 44.7 cm³/mol. The molecule has 0 amide bonds. The molecule has 0 atom stereocenters. The van der Waals surface area contributed by atoms with Crippen molar-refractivity contribution in [2.75, 3.05) is 26.2 Å². The number of nitrogens with two attached hydrogens (primary N) is 1. The van der Waals surface area contributed by atoms with Crippen LogP contribution in [0.25, 0.3) is 0 Å². The minimum atomic E-state index is -3.74. The second kappa shape index (κ2) is 4.18. The molecule has 0 unspecified atom stereocenters. The van der Waals surface area contributed by atoms with E-state index in [-0.39, 0.29) is 6.61 Å². The molecule has 0 aromatic heterocycles. The number of likely N-dealkylation sites (tertiary alicyclic amines) is 1. The summed E-state index contributed by atoms with van der Waals surface area (Å²) in [4.78, 5) is 2.16. The normalized spacial score (nSPS) is 20.1. The highest BCUT2D eigenvalue weighted by molar-refractivity contribution is 7.84. The number of nitrogens with zero attached hydrogens (tertiary/aromatic N) is 1. The molecule has 1 aliphatic heterocycles. The average molecular weight is 194 g/mol. The first-order chi connectivity index (χ1) is 5.58. The summed E-state index contributed by atoms with van der Waals surface area (Å²) >= 11 is 0. The quantitative estimate of drug-likeness (QED) is 0.642. The van der Waals surface area contributed by atoms with Crippen LogP contribution in [0.15, 0.2) is 0 Å². The second-order valence-corrected chi connectivity index (χ2v) is 4.08. The minimum Gasteiger partial charge on any atom is -0.301 e. The monoisotopic (exact) mass is 194 g/mol. The maximum absolute atomic E-state index is 10.3. The largest absolute Gasteiger partial charge is 0.333 e. The third-order valence-electron chi connectivity index (χ3n) is 1.85. The van der Waals surface area contributed by atoms with E-state index in [9.17, 15) is 8.42 Å². The number of hydrogen-bond donors (Lipinski definition) is 1. The molecule has 0 aromatic rings. The Bertz CT molecular complexity index is 221. The molecule has 0 aromatic carbocycles. The summed E-state index contributed by atoms with van der Waals surface area (Å²) in [6.45, 7) is 2.89. The fourth-order valence-electron chi connectivity index (χ4n) is 1.29. The zero-order valence-corrected chi connectivity index (χ0v) is 7.72. The molecule has 0 aliphatic carbocycles. The molecule has 1 rings (SSSR count). The zero-order chi connectivity index (χ0) is 9.03. The lowest BCUT2D eigenvalue weighted by Gasteiger charge is -2.12. The first kappa shape index (κ1) is 9.91. The molecule has 0 radical (unpaired) electrons. The van der Waals surface area contributed by atoms with Gasteiger partial charge < -0.3 is 4.90 Å². The topological polar surface area (TPSA) is 72.6 Å². The van der Waals surface area contributed by atoms with Gasteiger partial charge in [0, 0.05) is 6.54 Å². The van der Waals surface area contributed by atoms with Crippen LogP contribution in [0.4, 0.5) is 0 Å². The van der Waals surface area contributed by atoms with E-state index < -0.39 is 10.3 Å². The SMILES string of the molecule is NS(=O)(=O)OCCN1CCCC1. The van der Waals surface area contributed by atoms with Crippen LogP contribution >= 0.6 is 0 Å². The van der Waals surface area contributed by atoms with E-state index in [1.54, 1.807) is 0 Å². The lowest BCUT2D eigenvalue weighted by atomic mass is 10.4. The van der Waals surface area contributed by atoms with E-state index in [1.807, 2.05) is 0 Å². The van der Waals surface area contributed by atoms with Crippen LogP contribution < -0.4 is 5.14 Å². The molecule has 0 spiro atoms. The first-order valence-corrected chi connectivity index (χ1v) is 5.44. The van der Waals surface area contributed by atoms with Crippen molar-refractivity contribution in [1.82, 2.24) is 4.90 Å². The van der Waals surface area contributed by atoms with Gasteiger partial charge in [0.15, 0.2) is 0 Å². The van der Waals surface area contributed by atoms with Crippen LogP contribution in [0.2, 0.25) is 0 Å². The Hall–Kier alpha value is -0.170. The van der Waals surface area contributed by atoms with Gasteiger partial charge in [-0.1, -0.05) is 0 Å². The molecular formula is C6H14N2O3S. The van der Waals surface area contributed by atoms with Gasteiger partial charge >= 0.3 is 10.3 Å². The highest BCUT2D eigenvalue weighted by Gasteiger charge is 2.11. The van der Waals surface area contributed by atoms with E-state index in [4.69, 9.17) is 0 Å². The van der Waals surface area contributed by atoms with E-state index in [0.717, 1.165) is 13.1 Å². The Morgan fingerprint density at radius 2 is 1.92 bits per heavy atom. The summed E-state index contributed by atoms with van der Waals surface area (Å²) in [5.41, 5.74) is 0. The van der Waals surface area contributed by atoms with E-state index >= 15 is 0 Å². The van der Waals surface area contributed by atoms with Crippen molar-refractivity contribution >= 4 is 10.3 Å². The maximum atomic E-state index is 10.3. The predicted octanol–water partition coefficient (Wildman–Crippen LogP) is -0.698. The third kappa shape index (κ3) is 4.01. The molecule has 1 heterocycles.